The molecule has 55 valence electrons. The van der Waals surface area contributed by atoms with E-state index in [1.807, 2.05) is 0 Å². The Balaban J connectivity index is 4.40. The van der Waals surface area contributed by atoms with Crippen molar-refractivity contribution in [1.82, 2.24) is 0 Å². The highest BCUT2D eigenvalue weighted by molar-refractivity contribution is 6.20. The van der Waals surface area contributed by atoms with Crippen molar-refractivity contribution in [3.8, 4) is 0 Å². The van der Waals surface area contributed by atoms with Crippen LogP contribution >= 0.6 is 11.6 Å². The molecule has 0 bridgehead atoms. The Morgan fingerprint density at radius 3 is 1.89 bits per heavy atom. The molecule has 0 nitrogen and oxygen atoms in total. The molecule has 0 saturated carbocycles. The van der Waals surface area contributed by atoms with E-state index in [0.717, 1.165) is 0 Å². The van der Waals surface area contributed by atoms with E-state index in [-0.39, 0.29) is 0 Å². The molecular weight excluding hydrogens is 166 g/mol. The van der Waals surface area contributed by atoms with Crippen molar-refractivity contribution in [3.05, 3.63) is 6.43 Å². The molecule has 0 saturated heterocycles. The van der Waals surface area contributed by atoms with Gasteiger partial charge in [-0.15, -0.1) is 0 Å². The van der Waals surface area contributed by atoms with Gasteiger partial charge in [-0.05, 0) is 0 Å². The van der Waals surface area contributed by atoms with Crippen LogP contribution in [-0.2, 0) is 0 Å². The smallest absolute Gasteiger partial charge is 0.223 e. The Bertz CT molecular complexity index is 119. The molecule has 0 N–H and O–H groups in total. The van der Waals surface area contributed by atoms with Crippen molar-refractivity contribution in [1.29, 1.82) is 0 Å². The van der Waals surface area contributed by atoms with E-state index in [1.54, 1.807) is 0 Å². The number of hydrogen-bond acceptors (Lipinski definition) is 0. The Morgan fingerprint density at radius 1 is 1.56 bits per heavy atom. The van der Waals surface area contributed by atoms with Gasteiger partial charge in [0.1, 0.15) is 0 Å². The fraction of sp³-hybridized carbons (Fsp3) is 0.667. The topological polar surface area (TPSA) is 0 Å². The SMILES string of the molecule is [2H]C(F)(Cl)C(F)(F)[C](F)F. The van der Waals surface area contributed by atoms with Crippen molar-refractivity contribution < 1.29 is 23.3 Å². The zero-order valence-electron chi connectivity index (χ0n) is 4.77. The molecule has 0 aromatic rings. The molecule has 1 unspecified atom stereocenters. The van der Waals surface area contributed by atoms with Crippen molar-refractivity contribution in [2.75, 3.05) is 0 Å². The van der Waals surface area contributed by atoms with Gasteiger partial charge >= 0.3 is 12.3 Å². The molecule has 1 radical (unpaired) electrons. The standard InChI is InChI=1S/C3HClF5/c4-1(5)3(8,9)2(6)7/h1H/i1D. The first kappa shape index (κ1) is 7.05. The maximum absolute atomic E-state index is 11.6. The van der Waals surface area contributed by atoms with Crippen LogP contribution in [0.2, 0.25) is 0 Å². The first-order valence-corrected chi connectivity index (χ1v) is 2.01. The Labute approximate surface area is 54.0 Å². The summed E-state index contributed by atoms with van der Waals surface area (Å²) in [7, 11) is 0. The maximum Gasteiger partial charge on any atom is 0.382 e. The summed E-state index contributed by atoms with van der Waals surface area (Å²) < 4.78 is 62.5. The van der Waals surface area contributed by atoms with Crippen LogP contribution in [0.25, 0.3) is 0 Å². The van der Waals surface area contributed by atoms with Gasteiger partial charge in [-0.3, -0.25) is 0 Å². The summed E-state index contributed by atoms with van der Waals surface area (Å²) in [6.45, 7) is 0. The van der Waals surface area contributed by atoms with Crippen molar-refractivity contribution in [2.45, 2.75) is 11.5 Å². The molecule has 0 aliphatic heterocycles. The molecule has 0 aliphatic carbocycles. The van der Waals surface area contributed by atoms with Gasteiger partial charge in [-0.1, -0.05) is 11.6 Å². The van der Waals surface area contributed by atoms with Crippen molar-refractivity contribution in [2.24, 2.45) is 0 Å². The summed E-state index contributed by atoms with van der Waals surface area (Å²) >= 11 is 3.97. The molecular formula is C3HClF5. The Kier molecular flexibility index (Phi) is 2.10. The van der Waals surface area contributed by atoms with Crippen LogP contribution in [0, 0.1) is 6.43 Å². The van der Waals surface area contributed by atoms with Gasteiger partial charge in [0.25, 0.3) is 0 Å². The maximum atomic E-state index is 11.6. The summed E-state index contributed by atoms with van der Waals surface area (Å²) in [5.41, 5.74) is -4.48. The Morgan fingerprint density at radius 2 is 1.89 bits per heavy atom. The predicted octanol–water partition coefficient (Wildman–Crippen LogP) is 2.58. The van der Waals surface area contributed by atoms with Crippen LogP contribution in [0.4, 0.5) is 22.0 Å². The molecule has 0 heterocycles. The van der Waals surface area contributed by atoms with Crippen LogP contribution in [0.15, 0.2) is 0 Å². The van der Waals surface area contributed by atoms with Gasteiger partial charge in [0.2, 0.25) is 5.61 Å². The molecule has 9 heavy (non-hydrogen) atoms. The fourth-order valence-electron chi connectivity index (χ4n) is 0.0714. The van der Waals surface area contributed by atoms with E-state index >= 15 is 0 Å². The number of halogens is 6. The third-order valence-corrected chi connectivity index (χ3v) is 0.712. The highest BCUT2D eigenvalue weighted by atomic mass is 35.5. The molecule has 0 aromatic heterocycles. The first-order valence-electron chi connectivity index (χ1n) is 2.13. The molecule has 0 aliphatic rings. The molecule has 0 aromatic carbocycles. The quantitative estimate of drug-likeness (QED) is 0.439. The van der Waals surface area contributed by atoms with Crippen molar-refractivity contribution >= 4 is 11.6 Å². The number of hydrogen-bond donors (Lipinski definition) is 0. The van der Waals surface area contributed by atoms with Crippen LogP contribution in [-0.4, -0.2) is 11.5 Å². The molecule has 0 rings (SSSR count). The normalized spacial score (nSPS) is 21.4. The van der Waals surface area contributed by atoms with Gasteiger partial charge in [0.05, 0.1) is 1.37 Å². The second-order valence-electron chi connectivity index (χ2n) is 1.10. The fourth-order valence-corrected chi connectivity index (χ4v) is 0.143. The number of alkyl halides is 4. The van der Waals surface area contributed by atoms with Crippen LogP contribution in [0.3, 0.4) is 0 Å². The molecule has 6 heteroatoms. The minimum absolute atomic E-state index is 3.51. The van der Waals surface area contributed by atoms with Gasteiger partial charge in [0.15, 0.2) is 0 Å². The largest absolute Gasteiger partial charge is 0.382 e. The van der Waals surface area contributed by atoms with E-state index < -0.39 is 18.0 Å². The first-order chi connectivity index (χ1) is 4.19. The second-order valence-corrected chi connectivity index (χ2v) is 1.43. The average Bonchev–Trinajstić information content (AvgIpc) is 1.62. The molecule has 0 fully saturated rings. The third-order valence-electron chi connectivity index (χ3n) is 0.475. The lowest BCUT2D eigenvalue weighted by molar-refractivity contribution is -0.0889. The van der Waals surface area contributed by atoms with Gasteiger partial charge in [0, 0.05) is 0 Å². The lowest BCUT2D eigenvalue weighted by Crippen LogP contribution is -2.28. The molecule has 0 amide bonds. The van der Waals surface area contributed by atoms with E-state index in [2.05, 4.69) is 11.6 Å². The number of rotatable bonds is 2. The predicted molar refractivity (Wildman–Crippen MR) is 21.2 cm³/mol. The zero-order valence-corrected chi connectivity index (χ0v) is 4.52. The third kappa shape index (κ3) is 1.97. The minimum atomic E-state index is -5.21. The molecule has 1 atom stereocenters. The Hall–Kier alpha value is -0.0600. The lowest BCUT2D eigenvalue weighted by Gasteiger charge is -2.11. The lowest BCUT2D eigenvalue weighted by atomic mass is 10.4. The highest BCUT2D eigenvalue weighted by Gasteiger charge is 2.50. The second kappa shape index (κ2) is 2.68. The van der Waals surface area contributed by atoms with E-state index in [0.29, 0.717) is 0 Å². The van der Waals surface area contributed by atoms with E-state index in [4.69, 9.17) is 1.37 Å². The summed E-state index contributed by atoms with van der Waals surface area (Å²) in [5.74, 6) is -5.21. The van der Waals surface area contributed by atoms with E-state index in [9.17, 15) is 22.0 Å². The van der Waals surface area contributed by atoms with Gasteiger partial charge in [-0.2, -0.15) is 17.6 Å². The summed E-state index contributed by atoms with van der Waals surface area (Å²) in [6.07, 6.45) is -3.51. The average molecular weight is 168 g/mol. The zero-order chi connectivity index (χ0) is 8.58. The van der Waals surface area contributed by atoms with Crippen LogP contribution in [0.5, 0.6) is 0 Å². The van der Waals surface area contributed by atoms with Gasteiger partial charge < -0.3 is 0 Å². The van der Waals surface area contributed by atoms with Crippen molar-refractivity contribution in [3.63, 3.8) is 0 Å². The monoisotopic (exact) mass is 168 g/mol. The summed E-state index contributed by atoms with van der Waals surface area (Å²) in [5, 5.41) is 0. The summed E-state index contributed by atoms with van der Waals surface area (Å²) in [4.78, 5) is 0. The highest BCUT2D eigenvalue weighted by Crippen LogP contribution is 2.35. The minimum Gasteiger partial charge on any atom is -0.223 e. The molecule has 0 spiro atoms. The van der Waals surface area contributed by atoms with Crippen LogP contribution in [0.1, 0.15) is 1.37 Å². The van der Waals surface area contributed by atoms with E-state index in [1.165, 1.54) is 0 Å². The summed E-state index contributed by atoms with van der Waals surface area (Å²) in [6, 6.07) is 0. The van der Waals surface area contributed by atoms with Gasteiger partial charge in [-0.25, -0.2) is 4.39 Å². The van der Waals surface area contributed by atoms with Crippen LogP contribution < -0.4 is 0 Å².